The average Bonchev–Trinajstić information content (AvgIpc) is 2.87. The minimum Gasteiger partial charge on any atom is -0.396 e. The van der Waals surface area contributed by atoms with Crippen molar-refractivity contribution in [3.05, 3.63) is 47.5 Å². The van der Waals surface area contributed by atoms with Gasteiger partial charge in [-0.3, -0.25) is 0 Å². The van der Waals surface area contributed by atoms with Crippen LogP contribution in [0.2, 0.25) is 0 Å². The van der Waals surface area contributed by atoms with E-state index in [-0.39, 0.29) is 23.0 Å². The lowest BCUT2D eigenvalue weighted by molar-refractivity contribution is 0.240. The molecule has 2 heterocycles. The van der Waals surface area contributed by atoms with Crippen molar-refractivity contribution in [1.29, 1.82) is 0 Å². The van der Waals surface area contributed by atoms with Gasteiger partial charge in [0.1, 0.15) is 5.82 Å². The van der Waals surface area contributed by atoms with Crippen LogP contribution in [-0.4, -0.2) is 48.4 Å². The number of fused-ring (bicyclic) bond motifs is 1. The highest BCUT2D eigenvalue weighted by Gasteiger charge is 2.37. The predicted molar refractivity (Wildman–Crippen MR) is 152 cm³/mol. The Hall–Kier alpha value is -1.95. The van der Waals surface area contributed by atoms with Crippen LogP contribution in [0.5, 0.6) is 0 Å². The Morgan fingerprint density at radius 2 is 1.64 bits per heavy atom. The first-order chi connectivity index (χ1) is 17.2. The van der Waals surface area contributed by atoms with Crippen molar-refractivity contribution in [1.82, 2.24) is 10.3 Å². The molecular formula is C31H48N4O. The van der Waals surface area contributed by atoms with Crippen molar-refractivity contribution >= 4 is 5.82 Å². The van der Waals surface area contributed by atoms with Crippen LogP contribution in [0, 0.1) is 0 Å². The number of anilines is 1. The summed E-state index contributed by atoms with van der Waals surface area (Å²) in [5.74, 6) is 1.08. The summed E-state index contributed by atoms with van der Waals surface area (Å²) in [6.45, 7) is 13.5. The third-order valence-electron chi connectivity index (χ3n) is 8.89. The Bertz CT molecular complexity index is 1010. The first-order valence-electron chi connectivity index (χ1n) is 14.1. The van der Waals surface area contributed by atoms with Gasteiger partial charge < -0.3 is 21.1 Å². The Balaban J connectivity index is 1.48. The number of nitrogens with zero attached hydrogens (tertiary/aromatic N) is 2. The molecule has 4 rings (SSSR count). The maximum atomic E-state index is 9.03. The lowest BCUT2D eigenvalue weighted by atomic mass is 9.63. The number of aliphatic hydroxyl groups is 1. The topological polar surface area (TPSA) is 74.4 Å². The molecule has 2 aliphatic rings. The number of hydrogen-bond acceptors (Lipinski definition) is 5. The molecule has 1 saturated heterocycles. The monoisotopic (exact) mass is 492 g/mol. The summed E-state index contributed by atoms with van der Waals surface area (Å²) in [6.07, 6.45) is 8.69. The highest BCUT2D eigenvalue weighted by atomic mass is 16.2. The van der Waals surface area contributed by atoms with Gasteiger partial charge in [-0.15, -0.1) is 0 Å². The van der Waals surface area contributed by atoms with Gasteiger partial charge in [0.15, 0.2) is 0 Å². The molecule has 0 unspecified atom stereocenters. The molecule has 198 valence electrons. The molecule has 4 N–H and O–H groups in total. The number of nitrogens with one attached hydrogen (secondary N) is 1. The van der Waals surface area contributed by atoms with Crippen LogP contribution >= 0.6 is 0 Å². The van der Waals surface area contributed by atoms with Crippen molar-refractivity contribution in [2.24, 2.45) is 5.73 Å². The largest absolute Gasteiger partial charge is 0.396 e. The molecule has 0 bridgehead atoms. The van der Waals surface area contributed by atoms with Gasteiger partial charge in [0.2, 0.25) is 0 Å². The van der Waals surface area contributed by atoms with Gasteiger partial charge in [-0.05, 0) is 105 Å². The number of piperidine rings is 1. The number of nitrogens with two attached hydrogens (primary N) is 1. The van der Waals surface area contributed by atoms with E-state index in [0.717, 1.165) is 69.7 Å². The van der Waals surface area contributed by atoms with E-state index >= 15 is 0 Å². The summed E-state index contributed by atoms with van der Waals surface area (Å²) in [5.41, 5.74) is 11.8. The van der Waals surface area contributed by atoms with Crippen LogP contribution in [0.3, 0.4) is 0 Å². The Kier molecular flexibility index (Phi) is 8.43. The zero-order chi connectivity index (χ0) is 25.8. The Morgan fingerprint density at radius 1 is 0.917 bits per heavy atom. The average molecular weight is 493 g/mol. The summed E-state index contributed by atoms with van der Waals surface area (Å²) in [7, 11) is 0. The highest BCUT2D eigenvalue weighted by Crippen LogP contribution is 2.46. The number of rotatable bonds is 10. The predicted octanol–water partition coefficient (Wildman–Crippen LogP) is 5.54. The van der Waals surface area contributed by atoms with Gasteiger partial charge in [-0.25, -0.2) is 4.98 Å². The van der Waals surface area contributed by atoms with E-state index in [1.165, 1.54) is 29.5 Å². The van der Waals surface area contributed by atoms with Crippen molar-refractivity contribution in [3.63, 3.8) is 0 Å². The van der Waals surface area contributed by atoms with E-state index in [1.54, 1.807) is 0 Å². The zero-order valence-electron chi connectivity index (χ0n) is 23.1. The summed E-state index contributed by atoms with van der Waals surface area (Å²) < 4.78 is 0. The van der Waals surface area contributed by atoms with Crippen LogP contribution in [0.25, 0.3) is 11.3 Å². The first kappa shape index (κ1) is 27.1. The lowest BCUT2D eigenvalue weighted by Crippen LogP contribution is -2.54. The van der Waals surface area contributed by atoms with Gasteiger partial charge in [0, 0.05) is 30.8 Å². The number of unbranched alkanes of at least 4 members (excludes halogenated alkanes) is 2. The molecule has 5 heteroatoms. The van der Waals surface area contributed by atoms with Crippen LogP contribution < -0.4 is 16.0 Å². The highest BCUT2D eigenvalue weighted by molar-refractivity contribution is 5.65. The van der Waals surface area contributed by atoms with Crippen LogP contribution in [-0.2, 0) is 10.8 Å². The van der Waals surface area contributed by atoms with Crippen molar-refractivity contribution < 1.29 is 5.11 Å². The number of aliphatic hydroxyl groups excluding tert-OH is 1. The maximum Gasteiger partial charge on any atom is 0.129 e. The van der Waals surface area contributed by atoms with E-state index < -0.39 is 0 Å². The summed E-state index contributed by atoms with van der Waals surface area (Å²) in [4.78, 5) is 7.59. The summed E-state index contributed by atoms with van der Waals surface area (Å²) >= 11 is 0. The third-order valence-corrected chi connectivity index (χ3v) is 8.89. The second-order valence-corrected chi connectivity index (χ2v) is 12.4. The minimum absolute atomic E-state index is 0.124. The molecule has 1 fully saturated rings. The molecule has 5 nitrogen and oxygen atoms in total. The fraction of sp³-hybridized carbons (Fsp3) is 0.645. The van der Waals surface area contributed by atoms with Crippen molar-refractivity contribution in [2.45, 2.75) is 95.4 Å². The molecular weight excluding hydrogens is 444 g/mol. The molecule has 1 aliphatic carbocycles. The van der Waals surface area contributed by atoms with E-state index in [9.17, 15) is 0 Å². The number of hydrogen-bond donors (Lipinski definition) is 3. The second-order valence-electron chi connectivity index (χ2n) is 12.4. The summed E-state index contributed by atoms with van der Waals surface area (Å²) in [5, 5.41) is 12.9. The number of aromatic nitrogens is 1. The van der Waals surface area contributed by atoms with Crippen LogP contribution in [0.4, 0.5) is 5.82 Å². The molecule has 2 aromatic rings. The molecule has 1 aromatic heterocycles. The number of pyridine rings is 1. The molecule has 36 heavy (non-hydrogen) atoms. The number of benzene rings is 1. The van der Waals surface area contributed by atoms with Crippen molar-refractivity contribution in [2.75, 3.05) is 37.7 Å². The smallest absolute Gasteiger partial charge is 0.129 e. The molecule has 0 saturated carbocycles. The fourth-order valence-electron chi connectivity index (χ4n) is 6.23. The Labute approximate surface area is 218 Å². The molecule has 1 aliphatic heterocycles. The van der Waals surface area contributed by atoms with Crippen LogP contribution in [0.1, 0.15) is 90.2 Å². The Morgan fingerprint density at radius 3 is 2.33 bits per heavy atom. The fourth-order valence-corrected chi connectivity index (χ4v) is 6.23. The van der Waals surface area contributed by atoms with E-state index in [2.05, 4.69) is 74.3 Å². The molecule has 1 aromatic carbocycles. The molecule has 0 spiro atoms. The SMILES string of the molecule is CC1(C)CCC(C)(C)c2cc(-c3cccc(N4CCC(CCN)(NCCCCCO)CC4)n3)ccc21. The molecule has 0 radical (unpaired) electrons. The second kappa shape index (κ2) is 11.2. The van der Waals surface area contributed by atoms with Gasteiger partial charge in [-0.2, -0.15) is 0 Å². The van der Waals surface area contributed by atoms with E-state index in [1.807, 2.05) is 0 Å². The van der Waals surface area contributed by atoms with Gasteiger partial charge in [0.05, 0.1) is 5.69 Å². The quantitative estimate of drug-likeness (QED) is 0.380. The lowest BCUT2D eigenvalue weighted by Gasteiger charge is -2.43. The summed E-state index contributed by atoms with van der Waals surface area (Å²) in [6, 6.07) is 13.5. The normalized spacial score (nSPS) is 20.2. The van der Waals surface area contributed by atoms with E-state index in [4.69, 9.17) is 15.8 Å². The van der Waals surface area contributed by atoms with Crippen molar-refractivity contribution in [3.8, 4) is 11.3 Å². The standard InChI is InChI=1S/C31H48N4O/c1-29(2)13-14-30(3,4)26-23-24(11-12-25(26)29)27-9-8-10-28(34-27)35-20-16-31(15-18-32,17-21-35)33-19-6-5-7-22-36/h8-12,23,33,36H,5-7,13-22,32H2,1-4H3. The van der Waals surface area contributed by atoms with E-state index in [0.29, 0.717) is 6.54 Å². The van der Waals surface area contributed by atoms with Gasteiger partial charge >= 0.3 is 0 Å². The zero-order valence-corrected chi connectivity index (χ0v) is 23.1. The molecule has 0 amide bonds. The molecule has 0 atom stereocenters. The van der Waals surface area contributed by atoms with Gasteiger partial charge in [-0.1, -0.05) is 45.9 Å². The van der Waals surface area contributed by atoms with Crippen LogP contribution in [0.15, 0.2) is 36.4 Å². The van der Waals surface area contributed by atoms with Gasteiger partial charge in [0.25, 0.3) is 0 Å². The minimum atomic E-state index is 0.124. The third kappa shape index (κ3) is 5.95. The first-order valence-corrected chi connectivity index (χ1v) is 14.1. The maximum absolute atomic E-state index is 9.03.